The highest BCUT2D eigenvalue weighted by Gasteiger charge is 2.16. The second-order valence-corrected chi connectivity index (χ2v) is 8.64. The molecule has 2 amide bonds. The number of ether oxygens (including phenoxy) is 1. The molecule has 2 aromatic carbocycles. The summed E-state index contributed by atoms with van der Waals surface area (Å²) in [5.41, 5.74) is 2.58. The molecule has 1 fully saturated rings. The monoisotopic (exact) mass is 494 g/mol. The van der Waals surface area contributed by atoms with Crippen LogP contribution >= 0.6 is 11.6 Å². The zero-order chi connectivity index (χ0) is 24.4. The Balaban J connectivity index is 1.27. The summed E-state index contributed by atoms with van der Waals surface area (Å²) in [6.45, 7) is 3.72. The van der Waals surface area contributed by atoms with Crippen LogP contribution in [0.25, 0.3) is 11.2 Å². The Hall–Kier alpha value is -4.02. The molecule has 35 heavy (non-hydrogen) atoms. The molecule has 3 heterocycles. The van der Waals surface area contributed by atoms with Gasteiger partial charge in [0.25, 0.3) is 0 Å². The Morgan fingerprint density at radius 3 is 2.71 bits per heavy atom. The summed E-state index contributed by atoms with van der Waals surface area (Å²) in [7, 11) is 2.10. The summed E-state index contributed by atoms with van der Waals surface area (Å²) in [6.07, 6.45) is 1.50. The van der Waals surface area contributed by atoms with Gasteiger partial charge in [-0.05, 0) is 37.4 Å². The number of fused-ring (bicyclic) bond motifs is 1. The minimum atomic E-state index is -0.618. The van der Waals surface area contributed by atoms with Gasteiger partial charge in [-0.1, -0.05) is 17.7 Å². The fourth-order valence-electron chi connectivity index (χ4n) is 3.86. The van der Waals surface area contributed by atoms with Crippen molar-refractivity contribution in [3.05, 3.63) is 70.3 Å². The van der Waals surface area contributed by atoms with Crippen LogP contribution in [0.2, 0.25) is 5.02 Å². The standard InChI is InChI=1S/C24H23ClN6O4/c1-30-7-9-31(10-8-30)18-12-15(25)11-17(13-18)28-23(32)27-16-3-2-4-19(14-16)34-20-5-6-26-22-21(20)35-24(33)29-22/h2-6,11-14H,7-10H2,1H3,(H,26,29,33)(H2,27,28,32). The van der Waals surface area contributed by atoms with Gasteiger partial charge in [0, 0.05) is 66.6 Å². The Labute approximate surface area is 205 Å². The lowest BCUT2D eigenvalue weighted by Crippen LogP contribution is -2.44. The topological polar surface area (TPSA) is 116 Å². The molecule has 0 unspecified atom stereocenters. The summed E-state index contributed by atoms with van der Waals surface area (Å²) >= 11 is 6.32. The van der Waals surface area contributed by atoms with E-state index in [0.29, 0.717) is 33.5 Å². The first-order chi connectivity index (χ1) is 16.9. The number of likely N-dealkylation sites (N-methyl/N-ethyl adjacent to an activating group) is 1. The number of aromatic nitrogens is 2. The molecular weight excluding hydrogens is 472 g/mol. The normalized spacial score (nSPS) is 14.2. The lowest BCUT2D eigenvalue weighted by molar-refractivity contribution is 0.262. The molecule has 0 radical (unpaired) electrons. The molecule has 1 aliphatic heterocycles. The van der Waals surface area contributed by atoms with E-state index in [-0.39, 0.29) is 5.58 Å². The van der Waals surface area contributed by atoms with E-state index in [1.807, 2.05) is 12.1 Å². The van der Waals surface area contributed by atoms with Gasteiger partial charge in [-0.15, -0.1) is 0 Å². The van der Waals surface area contributed by atoms with Crippen LogP contribution in [0.4, 0.5) is 21.9 Å². The number of nitrogens with one attached hydrogen (secondary N) is 3. The van der Waals surface area contributed by atoms with E-state index in [9.17, 15) is 9.59 Å². The summed E-state index contributed by atoms with van der Waals surface area (Å²) in [4.78, 5) is 35.2. The van der Waals surface area contributed by atoms with Crippen molar-refractivity contribution in [2.75, 3.05) is 48.8 Å². The number of pyridine rings is 1. The van der Waals surface area contributed by atoms with Crippen LogP contribution < -0.4 is 26.0 Å². The fourth-order valence-corrected chi connectivity index (χ4v) is 4.09. The molecule has 0 saturated carbocycles. The van der Waals surface area contributed by atoms with Gasteiger partial charge < -0.3 is 29.6 Å². The molecule has 0 bridgehead atoms. The maximum absolute atomic E-state index is 12.7. The molecule has 180 valence electrons. The summed E-state index contributed by atoms with van der Waals surface area (Å²) < 4.78 is 11.0. The first-order valence-corrected chi connectivity index (χ1v) is 11.4. The molecule has 0 aliphatic carbocycles. The highest BCUT2D eigenvalue weighted by Crippen LogP contribution is 2.29. The lowest BCUT2D eigenvalue weighted by atomic mass is 10.2. The number of carbonyl (C=O) groups excluding carboxylic acids is 1. The third-order valence-corrected chi connectivity index (χ3v) is 5.83. The fraction of sp³-hybridized carbons (Fsp3) is 0.208. The number of hydrogen-bond acceptors (Lipinski definition) is 7. The van der Waals surface area contributed by atoms with E-state index in [1.54, 1.807) is 36.4 Å². The van der Waals surface area contributed by atoms with Gasteiger partial charge in [-0.3, -0.25) is 4.98 Å². The van der Waals surface area contributed by atoms with Crippen molar-refractivity contribution in [3.8, 4) is 11.5 Å². The van der Waals surface area contributed by atoms with Crippen LogP contribution in [0.15, 0.2) is 63.9 Å². The number of hydrogen-bond donors (Lipinski definition) is 3. The smallest absolute Gasteiger partial charge is 0.418 e. The maximum atomic E-state index is 12.7. The zero-order valence-corrected chi connectivity index (χ0v) is 19.6. The number of urea groups is 1. The molecule has 5 rings (SSSR count). The van der Waals surface area contributed by atoms with Gasteiger partial charge in [0.05, 0.1) is 0 Å². The summed E-state index contributed by atoms with van der Waals surface area (Å²) in [5, 5.41) is 6.19. The van der Waals surface area contributed by atoms with E-state index in [0.717, 1.165) is 31.9 Å². The lowest BCUT2D eigenvalue weighted by Gasteiger charge is -2.34. The van der Waals surface area contributed by atoms with E-state index in [1.165, 1.54) is 6.20 Å². The van der Waals surface area contributed by atoms with Crippen LogP contribution in [0.1, 0.15) is 0 Å². The third-order valence-electron chi connectivity index (χ3n) is 5.61. The van der Waals surface area contributed by atoms with Crippen molar-refractivity contribution < 1.29 is 13.9 Å². The molecule has 4 aromatic rings. The molecule has 11 heteroatoms. The quantitative estimate of drug-likeness (QED) is 0.377. The molecule has 3 N–H and O–H groups in total. The number of aromatic amines is 1. The van der Waals surface area contributed by atoms with Gasteiger partial charge >= 0.3 is 11.8 Å². The third kappa shape index (κ3) is 5.39. The van der Waals surface area contributed by atoms with Gasteiger partial charge in [-0.2, -0.15) is 0 Å². The van der Waals surface area contributed by atoms with Crippen molar-refractivity contribution in [2.45, 2.75) is 0 Å². The van der Waals surface area contributed by atoms with Crippen molar-refractivity contribution >= 4 is 45.9 Å². The number of rotatable bonds is 5. The predicted molar refractivity (Wildman–Crippen MR) is 135 cm³/mol. The van der Waals surface area contributed by atoms with E-state index in [2.05, 4.69) is 37.4 Å². The van der Waals surface area contributed by atoms with Crippen molar-refractivity contribution in [3.63, 3.8) is 0 Å². The molecule has 10 nitrogen and oxygen atoms in total. The number of halogens is 1. The van der Waals surface area contributed by atoms with Gasteiger partial charge in [0.2, 0.25) is 5.58 Å². The number of oxazole rings is 1. The minimum Gasteiger partial charge on any atom is -0.453 e. The number of piperazine rings is 1. The maximum Gasteiger partial charge on any atom is 0.418 e. The summed E-state index contributed by atoms with van der Waals surface area (Å²) in [6, 6.07) is 13.5. The summed E-state index contributed by atoms with van der Waals surface area (Å²) in [5.74, 6) is 0.150. The number of amides is 2. The number of carbonyl (C=O) groups is 1. The van der Waals surface area contributed by atoms with Crippen LogP contribution in [-0.4, -0.2) is 54.1 Å². The van der Waals surface area contributed by atoms with E-state index in [4.69, 9.17) is 20.8 Å². The Bertz CT molecular complexity index is 1430. The average Bonchev–Trinajstić information content (AvgIpc) is 3.20. The number of H-pyrrole nitrogens is 1. The first-order valence-electron chi connectivity index (χ1n) is 11.0. The van der Waals surface area contributed by atoms with Crippen LogP contribution in [-0.2, 0) is 0 Å². The largest absolute Gasteiger partial charge is 0.453 e. The average molecular weight is 495 g/mol. The predicted octanol–water partition coefficient (Wildman–Crippen LogP) is 4.36. The van der Waals surface area contributed by atoms with Gasteiger partial charge in [0.1, 0.15) is 5.75 Å². The highest BCUT2D eigenvalue weighted by molar-refractivity contribution is 6.31. The van der Waals surface area contributed by atoms with Crippen molar-refractivity contribution in [1.29, 1.82) is 0 Å². The molecule has 1 saturated heterocycles. The zero-order valence-electron chi connectivity index (χ0n) is 18.9. The first kappa shape index (κ1) is 22.8. The minimum absolute atomic E-state index is 0.214. The van der Waals surface area contributed by atoms with Gasteiger partial charge in [0.15, 0.2) is 11.4 Å². The van der Waals surface area contributed by atoms with Crippen LogP contribution in [0.5, 0.6) is 11.5 Å². The van der Waals surface area contributed by atoms with Crippen LogP contribution in [0.3, 0.4) is 0 Å². The molecule has 0 spiro atoms. The molecule has 0 atom stereocenters. The second-order valence-electron chi connectivity index (χ2n) is 8.20. The highest BCUT2D eigenvalue weighted by atomic mass is 35.5. The number of nitrogens with zero attached hydrogens (tertiary/aromatic N) is 3. The van der Waals surface area contributed by atoms with Gasteiger partial charge in [-0.25, -0.2) is 14.6 Å². The Morgan fingerprint density at radius 1 is 1.09 bits per heavy atom. The van der Waals surface area contributed by atoms with E-state index < -0.39 is 11.8 Å². The van der Waals surface area contributed by atoms with E-state index >= 15 is 0 Å². The van der Waals surface area contributed by atoms with Crippen molar-refractivity contribution in [2.24, 2.45) is 0 Å². The molecule has 1 aliphatic rings. The number of anilines is 3. The van der Waals surface area contributed by atoms with Crippen molar-refractivity contribution in [1.82, 2.24) is 14.9 Å². The van der Waals surface area contributed by atoms with Crippen LogP contribution in [0, 0.1) is 0 Å². The molecular formula is C24H23ClN6O4. The second kappa shape index (κ2) is 9.69. The molecule has 2 aromatic heterocycles. The SMILES string of the molecule is CN1CCN(c2cc(Cl)cc(NC(=O)Nc3cccc(Oc4ccnc5[nH]c(=O)oc45)c3)c2)CC1. The Morgan fingerprint density at radius 2 is 1.89 bits per heavy atom. The number of benzene rings is 2. The Kier molecular flexibility index (Phi) is 6.30.